The molecule has 0 aliphatic heterocycles. The maximum atomic E-state index is 11.9. The second-order valence-corrected chi connectivity index (χ2v) is 5.38. The Bertz CT molecular complexity index is 722. The van der Waals surface area contributed by atoms with Crippen molar-refractivity contribution < 1.29 is 18.8 Å². The molecule has 0 unspecified atom stereocenters. The van der Waals surface area contributed by atoms with Crippen LogP contribution in [0.4, 0.5) is 5.69 Å². The summed E-state index contributed by atoms with van der Waals surface area (Å²) in [6, 6.07) is 10.3. The maximum absolute atomic E-state index is 11.9. The van der Waals surface area contributed by atoms with Crippen molar-refractivity contribution in [3.8, 4) is 0 Å². The molecule has 1 heterocycles. The van der Waals surface area contributed by atoms with Gasteiger partial charge < -0.3 is 14.6 Å². The summed E-state index contributed by atoms with van der Waals surface area (Å²) in [5.74, 6) is 0.229. The molecule has 1 aromatic heterocycles. The third-order valence-electron chi connectivity index (χ3n) is 3.55. The number of hydrogen-bond donors (Lipinski definition) is 1. The molecule has 24 heavy (non-hydrogen) atoms. The van der Waals surface area contributed by atoms with Crippen molar-refractivity contribution in [3.63, 3.8) is 0 Å². The number of Topliss-reactive ketones (excluding diaryl/α,β-unsaturated/α-hetero) is 1. The summed E-state index contributed by atoms with van der Waals surface area (Å²) < 4.78 is 5.14. The Hall–Kier alpha value is -2.89. The first kappa shape index (κ1) is 17.5. The molecule has 0 saturated carbocycles. The zero-order valence-corrected chi connectivity index (χ0v) is 13.7. The fourth-order valence-corrected chi connectivity index (χ4v) is 2.26. The SMILES string of the molecule is CC(=O)c1cccc(N(CCC(=O)NCc2ccco2)C(C)=O)c1. The van der Waals surface area contributed by atoms with Gasteiger partial charge in [-0.1, -0.05) is 12.1 Å². The van der Waals surface area contributed by atoms with E-state index in [9.17, 15) is 14.4 Å². The average Bonchev–Trinajstić information content (AvgIpc) is 3.06. The second-order valence-electron chi connectivity index (χ2n) is 5.38. The van der Waals surface area contributed by atoms with Gasteiger partial charge in [0.25, 0.3) is 0 Å². The van der Waals surface area contributed by atoms with Gasteiger partial charge in [-0.2, -0.15) is 0 Å². The van der Waals surface area contributed by atoms with Crippen LogP contribution in [0.15, 0.2) is 47.1 Å². The van der Waals surface area contributed by atoms with E-state index < -0.39 is 0 Å². The van der Waals surface area contributed by atoms with Crippen molar-refractivity contribution in [2.45, 2.75) is 26.8 Å². The molecule has 0 aliphatic rings. The molecule has 0 radical (unpaired) electrons. The minimum Gasteiger partial charge on any atom is -0.467 e. The van der Waals surface area contributed by atoms with Crippen molar-refractivity contribution in [1.29, 1.82) is 0 Å². The molecule has 2 rings (SSSR count). The average molecular weight is 328 g/mol. The summed E-state index contributed by atoms with van der Waals surface area (Å²) in [6.07, 6.45) is 1.70. The molecule has 6 heteroatoms. The molecule has 0 fully saturated rings. The molecule has 1 N–H and O–H groups in total. The first-order chi connectivity index (χ1) is 11.5. The third-order valence-corrected chi connectivity index (χ3v) is 3.55. The van der Waals surface area contributed by atoms with E-state index in [0.29, 0.717) is 23.6 Å². The molecule has 126 valence electrons. The summed E-state index contributed by atoms with van der Waals surface area (Å²) in [5, 5.41) is 2.74. The lowest BCUT2D eigenvalue weighted by Crippen LogP contribution is -2.33. The molecule has 0 aliphatic carbocycles. The zero-order chi connectivity index (χ0) is 17.5. The third kappa shape index (κ3) is 4.81. The van der Waals surface area contributed by atoms with Gasteiger partial charge in [-0.05, 0) is 31.2 Å². The molecule has 2 amide bonds. The van der Waals surface area contributed by atoms with Crippen LogP contribution in [-0.4, -0.2) is 24.1 Å². The molecule has 6 nitrogen and oxygen atoms in total. The van der Waals surface area contributed by atoms with Crippen LogP contribution in [0.3, 0.4) is 0 Å². The molecule has 0 atom stereocenters. The molecular formula is C18H20N2O4. The maximum Gasteiger partial charge on any atom is 0.223 e. The van der Waals surface area contributed by atoms with Crippen molar-refractivity contribution in [2.75, 3.05) is 11.4 Å². The van der Waals surface area contributed by atoms with Crippen LogP contribution in [0.25, 0.3) is 0 Å². The van der Waals surface area contributed by atoms with E-state index in [0.717, 1.165) is 0 Å². The molecule has 2 aromatic rings. The van der Waals surface area contributed by atoms with Crippen molar-refractivity contribution in [2.24, 2.45) is 0 Å². The van der Waals surface area contributed by atoms with Crippen LogP contribution in [0.1, 0.15) is 36.4 Å². The van der Waals surface area contributed by atoms with E-state index in [2.05, 4.69) is 5.32 Å². The highest BCUT2D eigenvalue weighted by Crippen LogP contribution is 2.17. The van der Waals surface area contributed by atoms with Crippen LogP contribution >= 0.6 is 0 Å². The van der Waals surface area contributed by atoms with Crippen molar-refractivity contribution in [1.82, 2.24) is 5.32 Å². The number of amides is 2. The highest BCUT2D eigenvalue weighted by atomic mass is 16.3. The number of nitrogens with one attached hydrogen (secondary N) is 1. The van der Waals surface area contributed by atoms with Gasteiger partial charge in [0.15, 0.2) is 5.78 Å². The van der Waals surface area contributed by atoms with E-state index >= 15 is 0 Å². The fourth-order valence-electron chi connectivity index (χ4n) is 2.26. The van der Waals surface area contributed by atoms with Crippen LogP contribution in [0, 0.1) is 0 Å². The van der Waals surface area contributed by atoms with Crippen molar-refractivity contribution >= 4 is 23.3 Å². The Morgan fingerprint density at radius 3 is 2.54 bits per heavy atom. The van der Waals surface area contributed by atoms with Gasteiger partial charge in [0.05, 0.1) is 12.8 Å². The first-order valence-corrected chi connectivity index (χ1v) is 7.65. The van der Waals surface area contributed by atoms with Gasteiger partial charge in [-0.15, -0.1) is 0 Å². The quantitative estimate of drug-likeness (QED) is 0.792. The smallest absolute Gasteiger partial charge is 0.223 e. The van der Waals surface area contributed by atoms with Gasteiger partial charge in [0.1, 0.15) is 5.76 Å². The molecule has 0 bridgehead atoms. The largest absolute Gasteiger partial charge is 0.467 e. The van der Waals surface area contributed by atoms with Crippen LogP contribution < -0.4 is 10.2 Å². The predicted molar refractivity (Wildman–Crippen MR) is 89.6 cm³/mol. The molecule has 0 saturated heterocycles. The summed E-state index contributed by atoms with van der Waals surface area (Å²) in [7, 11) is 0. The van der Waals surface area contributed by atoms with E-state index in [1.807, 2.05) is 0 Å². The number of carbonyl (C=O) groups is 3. The highest BCUT2D eigenvalue weighted by molar-refractivity contribution is 5.97. The number of nitrogens with zero attached hydrogens (tertiary/aromatic N) is 1. The van der Waals surface area contributed by atoms with Crippen LogP contribution in [0.5, 0.6) is 0 Å². The monoisotopic (exact) mass is 328 g/mol. The predicted octanol–water partition coefficient (Wildman–Crippen LogP) is 2.54. The number of carbonyl (C=O) groups excluding carboxylic acids is 3. The molecule has 1 aromatic carbocycles. The van der Waals surface area contributed by atoms with Crippen LogP contribution in [0.2, 0.25) is 0 Å². The Kier molecular flexibility index (Phi) is 5.89. The number of anilines is 1. The number of rotatable bonds is 7. The second kappa shape index (κ2) is 8.10. The lowest BCUT2D eigenvalue weighted by Gasteiger charge is -2.21. The number of benzene rings is 1. The molecular weight excluding hydrogens is 308 g/mol. The highest BCUT2D eigenvalue weighted by Gasteiger charge is 2.14. The zero-order valence-electron chi connectivity index (χ0n) is 13.7. The van der Waals surface area contributed by atoms with Gasteiger partial charge in [0, 0.05) is 31.1 Å². The van der Waals surface area contributed by atoms with Gasteiger partial charge >= 0.3 is 0 Å². The van der Waals surface area contributed by atoms with Gasteiger partial charge in [0.2, 0.25) is 11.8 Å². The summed E-state index contributed by atoms with van der Waals surface area (Å²) in [4.78, 5) is 36.8. The number of furan rings is 1. The summed E-state index contributed by atoms with van der Waals surface area (Å²) in [6.45, 7) is 3.45. The summed E-state index contributed by atoms with van der Waals surface area (Å²) in [5.41, 5.74) is 1.13. The van der Waals surface area contributed by atoms with Gasteiger partial charge in [-0.25, -0.2) is 0 Å². The van der Waals surface area contributed by atoms with E-state index in [1.54, 1.807) is 42.7 Å². The normalized spacial score (nSPS) is 10.2. The minimum atomic E-state index is -0.186. The Labute approximate surface area is 140 Å². The Balaban J connectivity index is 1.96. The van der Waals surface area contributed by atoms with E-state index in [4.69, 9.17) is 4.42 Å². The lowest BCUT2D eigenvalue weighted by molar-refractivity contribution is -0.121. The van der Waals surface area contributed by atoms with Crippen molar-refractivity contribution in [3.05, 3.63) is 54.0 Å². The Morgan fingerprint density at radius 2 is 1.92 bits per heavy atom. The topological polar surface area (TPSA) is 79.6 Å². The number of hydrogen-bond acceptors (Lipinski definition) is 4. The van der Waals surface area contributed by atoms with Crippen LogP contribution in [-0.2, 0) is 16.1 Å². The summed E-state index contributed by atoms with van der Waals surface area (Å²) >= 11 is 0. The molecule has 0 spiro atoms. The van der Waals surface area contributed by atoms with E-state index in [1.165, 1.54) is 18.7 Å². The minimum absolute atomic E-state index is 0.0726. The Morgan fingerprint density at radius 1 is 1.12 bits per heavy atom. The lowest BCUT2D eigenvalue weighted by atomic mass is 10.1. The first-order valence-electron chi connectivity index (χ1n) is 7.65. The fraction of sp³-hybridized carbons (Fsp3) is 0.278. The standard InChI is InChI=1S/C18H20N2O4/c1-13(21)15-5-3-6-16(11-15)20(14(2)22)9-8-18(23)19-12-17-7-4-10-24-17/h3-7,10-11H,8-9,12H2,1-2H3,(H,19,23). The number of ketones is 1. The van der Waals surface area contributed by atoms with Gasteiger partial charge in [-0.3, -0.25) is 14.4 Å². The van der Waals surface area contributed by atoms with E-state index in [-0.39, 0.29) is 30.6 Å².